The highest BCUT2D eigenvalue weighted by atomic mass is 16.2. The standard InChI is InChI=1S/C23H28N4O/c1-19-7-6-8-20(2)23(19)27(22(28)17-26-16-14-25-18-26)15-5-3-4-9-21-10-12-24-13-11-21/h6-8,10-14,16,18H,3-5,9,15,17H2,1-2H3. The molecule has 2 aromatic heterocycles. The van der Waals surface area contributed by atoms with Gasteiger partial charge in [-0.3, -0.25) is 9.78 Å². The Bertz CT molecular complexity index is 855. The van der Waals surface area contributed by atoms with E-state index in [1.54, 1.807) is 12.5 Å². The Hall–Kier alpha value is -2.95. The molecular weight excluding hydrogens is 348 g/mol. The van der Waals surface area contributed by atoms with Crippen LogP contribution < -0.4 is 4.90 Å². The van der Waals surface area contributed by atoms with E-state index in [0.29, 0.717) is 6.54 Å². The number of unbranched alkanes of at least 4 members (excludes halogenated alkanes) is 2. The molecule has 1 aromatic carbocycles. The second kappa shape index (κ2) is 9.83. The molecule has 0 fully saturated rings. The molecule has 3 rings (SSSR count). The molecule has 0 atom stereocenters. The van der Waals surface area contributed by atoms with Crippen molar-refractivity contribution in [1.29, 1.82) is 0 Å². The number of nitrogens with zero attached hydrogens (tertiary/aromatic N) is 4. The monoisotopic (exact) mass is 376 g/mol. The first-order valence-electron chi connectivity index (χ1n) is 9.86. The maximum absolute atomic E-state index is 13.1. The fourth-order valence-corrected chi connectivity index (χ4v) is 3.54. The van der Waals surface area contributed by atoms with Gasteiger partial charge in [0.25, 0.3) is 0 Å². The Balaban J connectivity index is 1.63. The number of aromatic nitrogens is 3. The number of amides is 1. The van der Waals surface area contributed by atoms with Gasteiger partial charge >= 0.3 is 0 Å². The number of aryl methyl sites for hydroxylation is 3. The molecule has 0 bridgehead atoms. The second-order valence-corrected chi connectivity index (χ2v) is 7.19. The highest BCUT2D eigenvalue weighted by Gasteiger charge is 2.19. The lowest BCUT2D eigenvalue weighted by Crippen LogP contribution is -2.35. The van der Waals surface area contributed by atoms with Crippen LogP contribution in [0.3, 0.4) is 0 Å². The first kappa shape index (κ1) is 19.8. The summed E-state index contributed by atoms with van der Waals surface area (Å²) in [6.07, 6.45) is 13.1. The van der Waals surface area contributed by atoms with Crippen molar-refractivity contribution in [3.05, 3.63) is 78.1 Å². The first-order chi connectivity index (χ1) is 13.6. The summed E-state index contributed by atoms with van der Waals surface area (Å²) in [6, 6.07) is 10.3. The molecule has 0 saturated carbocycles. The molecule has 0 unspecified atom stereocenters. The molecule has 0 spiro atoms. The average Bonchev–Trinajstić information content (AvgIpc) is 3.20. The van der Waals surface area contributed by atoms with Gasteiger partial charge in [0.15, 0.2) is 0 Å². The van der Waals surface area contributed by atoms with E-state index >= 15 is 0 Å². The zero-order chi connectivity index (χ0) is 19.8. The summed E-state index contributed by atoms with van der Waals surface area (Å²) in [4.78, 5) is 23.1. The molecule has 2 heterocycles. The van der Waals surface area contributed by atoms with Crippen molar-refractivity contribution in [3.63, 3.8) is 0 Å². The van der Waals surface area contributed by atoms with E-state index in [2.05, 4.69) is 48.1 Å². The fourth-order valence-electron chi connectivity index (χ4n) is 3.54. The largest absolute Gasteiger partial charge is 0.328 e. The summed E-state index contributed by atoms with van der Waals surface area (Å²) in [7, 11) is 0. The number of para-hydroxylation sites is 1. The lowest BCUT2D eigenvalue weighted by molar-refractivity contribution is -0.119. The number of pyridine rings is 1. The number of hydrogen-bond acceptors (Lipinski definition) is 3. The summed E-state index contributed by atoms with van der Waals surface area (Å²) >= 11 is 0. The van der Waals surface area contributed by atoms with E-state index in [9.17, 15) is 4.79 Å². The lowest BCUT2D eigenvalue weighted by Gasteiger charge is -2.26. The van der Waals surface area contributed by atoms with Crippen molar-refractivity contribution in [3.8, 4) is 0 Å². The number of hydrogen-bond donors (Lipinski definition) is 0. The smallest absolute Gasteiger partial charge is 0.246 e. The molecule has 3 aromatic rings. The van der Waals surface area contributed by atoms with Crippen LogP contribution in [0.15, 0.2) is 61.4 Å². The molecule has 0 N–H and O–H groups in total. The van der Waals surface area contributed by atoms with E-state index in [1.165, 1.54) is 5.56 Å². The Morgan fingerprint density at radius 1 is 0.964 bits per heavy atom. The third-order valence-electron chi connectivity index (χ3n) is 4.98. The SMILES string of the molecule is Cc1cccc(C)c1N(CCCCCc1ccncc1)C(=O)Cn1ccnc1. The van der Waals surface area contributed by atoms with E-state index in [4.69, 9.17) is 0 Å². The van der Waals surface area contributed by atoms with Gasteiger partial charge in [0.1, 0.15) is 6.54 Å². The highest BCUT2D eigenvalue weighted by Crippen LogP contribution is 2.25. The number of imidazole rings is 1. The van der Waals surface area contributed by atoms with E-state index in [1.807, 2.05) is 34.1 Å². The summed E-state index contributed by atoms with van der Waals surface area (Å²) in [5, 5.41) is 0. The van der Waals surface area contributed by atoms with E-state index in [-0.39, 0.29) is 5.91 Å². The first-order valence-corrected chi connectivity index (χ1v) is 9.86. The summed E-state index contributed by atoms with van der Waals surface area (Å²) < 4.78 is 1.83. The predicted octanol–water partition coefficient (Wildman–Crippen LogP) is 4.34. The van der Waals surface area contributed by atoms with E-state index < -0.39 is 0 Å². The van der Waals surface area contributed by atoms with Crippen LogP contribution in [-0.4, -0.2) is 27.0 Å². The normalized spacial score (nSPS) is 10.8. The molecule has 0 aliphatic rings. The third kappa shape index (κ3) is 5.28. The van der Waals surface area contributed by atoms with Crippen LogP contribution in [0.1, 0.15) is 36.0 Å². The quantitative estimate of drug-likeness (QED) is 0.522. The number of rotatable bonds is 9. The zero-order valence-corrected chi connectivity index (χ0v) is 16.7. The van der Waals surface area contributed by atoms with Gasteiger partial charge in [-0.2, -0.15) is 0 Å². The van der Waals surface area contributed by atoms with Crippen molar-refractivity contribution < 1.29 is 4.79 Å². The van der Waals surface area contributed by atoms with Gasteiger partial charge in [-0.15, -0.1) is 0 Å². The fraction of sp³-hybridized carbons (Fsp3) is 0.348. The molecule has 28 heavy (non-hydrogen) atoms. The average molecular weight is 377 g/mol. The van der Waals surface area contributed by atoms with Crippen molar-refractivity contribution >= 4 is 11.6 Å². The Morgan fingerprint density at radius 3 is 2.39 bits per heavy atom. The van der Waals surface area contributed by atoms with Gasteiger partial charge in [0.05, 0.1) is 6.33 Å². The van der Waals surface area contributed by atoms with Gasteiger partial charge < -0.3 is 9.47 Å². The number of carbonyl (C=O) groups is 1. The van der Waals surface area contributed by atoms with Gasteiger partial charge in [-0.25, -0.2) is 4.98 Å². The molecule has 1 amide bonds. The number of benzene rings is 1. The predicted molar refractivity (Wildman–Crippen MR) is 112 cm³/mol. The van der Waals surface area contributed by atoms with Gasteiger partial charge in [0.2, 0.25) is 5.91 Å². The van der Waals surface area contributed by atoms with E-state index in [0.717, 1.165) is 49.0 Å². The molecule has 146 valence electrons. The molecule has 0 aliphatic carbocycles. The van der Waals surface area contributed by atoms with Crippen LogP contribution in [0.4, 0.5) is 5.69 Å². The van der Waals surface area contributed by atoms with Crippen molar-refractivity contribution in [2.75, 3.05) is 11.4 Å². The topological polar surface area (TPSA) is 51.0 Å². The third-order valence-corrected chi connectivity index (χ3v) is 4.98. The zero-order valence-electron chi connectivity index (χ0n) is 16.7. The lowest BCUT2D eigenvalue weighted by atomic mass is 10.1. The van der Waals surface area contributed by atoms with Crippen molar-refractivity contribution in [2.45, 2.75) is 46.1 Å². The Labute approximate surface area is 167 Å². The summed E-state index contributed by atoms with van der Waals surface area (Å²) in [6.45, 7) is 5.19. The summed E-state index contributed by atoms with van der Waals surface area (Å²) in [5.41, 5.74) is 4.63. The van der Waals surface area contributed by atoms with Crippen LogP contribution in [-0.2, 0) is 17.8 Å². The minimum Gasteiger partial charge on any atom is -0.328 e. The molecule has 0 radical (unpaired) electrons. The number of carbonyl (C=O) groups excluding carboxylic acids is 1. The van der Waals surface area contributed by atoms with Gasteiger partial charge in [-0.05, 0) is 61.9 Å². The van der Waals surface area contributed by atoms with Crippen LogP contribution in [0.2, 0.25) is 0 Å². The number of anilines is 1. The highest BCUT2D eigenvalue weighted by molar-refractivity contribution is 5.94. The second-order valence-electron chi connectivity index (χ2n) is 7.19. The minimum atomic E-state index is 0.101. The van der Waals surface area contributed by atoms with Crippen molar-refractivity contribution in [1.82, 2.24) is 14.5 Å². The molecule has 0 aliphatic heterocycles. The van der Waals surface area contributed by atoms with Crippen LogP contribution in [0, 0.1) is 13.8 Å². The van der Waals surface area contributed by atoms with Gasteiger partial charge in [0, 0.05) is 37.0 Å². The molecular formula is C23H28N4O. The van der Waals surface area contributed by atoms with Crippen LogP contribution in [0.5, 0.6) is 0 Å². The van der Waals surface area contributed by atoms with Gasteiger partial charge in [-0.1, -0.05) is 24.6 Å². The molecule has 0 saturated heterocycles. The van der Waals surface area contributed by atoms with Crippen molar-refractivity contribution in [2.24, 2.45) is 0 Å². The Kier molecular flexibility index (Phi) is 6.95. The maximum atomic E-state index is 13.1. The minimum absolute atomic E-state index is 0.101. The molecule has 5 heteroatoms. The maximum Gasteiger partial charge on any atom is 0.246 e. The van der Waals surface area contributed by atoms with Crippen LogP contribution in [0.25, 0.3) is 0 Å². The molecule has 5 nitrogen and oxygen atoms in total. The van der Waals surface area contributed by atoms with Crippen LogP contribution >= 0.6 is 0 Å². The Morgan fingerprint density at radius 2 is 1.71 bits per heavy atom. The summed E-state index contributed by atoms with van der Waals surface area (Å²) in [5.74, 6) is 0.101.